The summed E-state index contributed by atoms with van der Waals surface area (Å²) < 4.78 is 5.69. The highest BCUT2D eigenvalue weighted by Crippen LogP contribution is 2.24. The second kappa shape index (κ2) is 11.2. The molecule has 1 atom stereocenters. The van der Waals surface area contributed by atoms with Crippen LogP contribution >= 0.6 is 11.6 Å². The molecule has 31 heavy (non-hydrogen) atoms. The van der Waals surface area contributed by atoms with E-state index in [9.17, 15) is 9.59 Å². The zero-order valence-corrected chi connectivity index (χ0v) is 19.0. The second-order valence-electron chi connectivity index (χ2n) is 8.14. The number of hydrogen-bond donors (Lipinski definition) is 1. The number of halogens is 1. The molecule has 1 aliphatic carbocycles. The molecule has 3 rings (SSSR count). The predicted octanol–water partition coefficient (Wildman–Crippen LogP) is 4.89. The molecule has 1 unspecified atom stereocenters. The molecule has 1 fully saturated rings. The monoisotopic (exact) mass is 442 g/mol. The van der Waals surface area contributed by atoms with Crippen LogP contribution in [0, 0.1) is 6.92 Å². The van der Waals surface area contributed by atoms with Crippen LogP contribution in [0.4, 0.5) is 0 Å². The summed E-state index contributed by atoms with van der Waals surface area (Å²) in [5.41, 5.74) is 2.10. The first-order valence-electron chi connectivity index (χ1n) is 11.0. The molecule has 2 aromatic carbocycles. The number of nitrogens with zero attached hydrogens (tertiary/aromatic N) is 1. The van der Waals surface area contributed by atoms with Crippen LogP contribution in [0.5, 0.6) is 5.75 Å². The Morgan fingerprint density at radius 1 is 1.16 bits per heavy atom. The predicted molar refractivity (Wildman–Crippen MR) is 123 cm³/mol. The van der Waals surface area contributed by atoms with Crippen molar-refractivity contribution < 1.29 is 14.3 Å². The first-order chi connectivity index (χ1) is 15.0. The van der Waals surface area contributed by atoms with Gasteiger partial charge in [-0.3, -0.25) is 9.59 Å². The van der Waals surface area contributed by atoms with Gasteiger partial charge in [0, 0.05) is 12.6 Å². The van der Waals surface area contributed by atoms with E-state index >= 15 is 0 Å². The highest BCUT2D eigenvalue weighted by Gasteiger charge is 2.31. The normalized spacial score (nSPS) is 14.8. The summed E-state index contributed by atoms with van der Waals surface area (Å²) >= 11 is 6.16. The van der Waals surface area contributed by atoms with Gasteiger partial charge in [0.15, 0.2) is 6.61 Å². The molecule has 1 saturated carbocycles. The fourth-order valence-electron chi connectivity index (χ4n) is 4.08. The largest absolute Gasteiger partial charge is 0.482 e. The van der Waals surface area contributed by atoms with E-state index in [-0.39, 0.29) is 24.5 Å². The maximum atomic E-state index is 13.2. The molecule has 5 nitrogen and oxygen atoms in total. The molecule has 6 heteroatoms. The van der Waals surface area contributed by atoms with Crippen molar-refractivity contribution in [3.63, 3.8) is 0 Å². The van der Waals surface area contributed by atoms with E-state index in [0.29, 0.717) is 23.7 Å². The van der Waals surface area contributed by atoms with Gasteiger partial charge in [-0.05, 0) is 43.9 Å². The number of aryl methyl sites for hydroxylation is 1. The van der Waals surface area contributed by atoms with E-state index in [1.54, 1.807) is 23.1 Å². The van der Waals surface area contributed by atoms with Gasteiger partial charge in [-0.2, -0.15) is 0 Å². The van der Waals surface area contributed by atoms with Crippen LogP contribution in [0.25, 0.3) is 0 Å². The van der Waals surface area contributed by atoms with Crippen LogP contribution in [0.15, 0.2) is 48.5 Å². The second-order valence-corrected chi connectivity index (χ2v) is 8.55. The number of carbonyl (C=O) groups excluding carboxylic acids is 2. The minimum atomic E-state index is -0.552. The molecule has 0 bridgehead atoms. The molecule has 0 saturated heterocycles. The quantitative estimate of drug-likeness (QED) is 0.601. The van der Waals surface area contributed by atoms with Crippen LogP contribution < -0.4 is 10.1 Å². The number of ether oxygens (including phenoxy) is 1. The highest BCUT2D eigenvalue weighted by atomic mass is 35.5. The lowest BCUT2D eigenvalue weighted by Gasteiger charge is -2.31. The summed E-state index contributed by atoms with van der Waals surface area (Å²) in [5, 5.41) is 3.60. The molecule has 2 amide bonds. The lowest BCUT2D eigenvalue weighted by molar-refractivity contribution is -0.143. The highest BCUT2D eigenvalue weighted by molar-refractivity contribution is 6.32. The van der Waals surface area contributed by atoms with Crippen molar-refractivity contribution in [3.05, 3.63) is 64.7 Å². The van der Waals surface area contributed by atoms with Gasteiger partial charge < -0.3 is 15.0 Å². The Bertz CT molecular complexity index is 896. The SMILES string of the molecule is CCC(C(=O)NC1CCCC1)N(Cc1cccc(C)c1)C(=O)COc1ccccc1Cl. The van der Waals surface area contributed by atoms with Gasteiger partial charge in [0.1, 0.15) is 11.8 Å². The van der Waals surface area contributed by atoms with Crippen molar-refractivity contribution in [2.45, 2.75) is 64.6 Å². The first-order valence-corrected chi connectivity index (χ1v) is 11.4. The van der Waals surface area contributed by atoms with Crippen LogP contribution in [-0.2, 0) is 16.1 Å². The molecule has 0 aromatic heterocycles. The number of benzene rings is 2. The molecule has 2 aromatic rings. The van der Waals surface area contributed by atoms with E-state index in [1.807, 2.05) is 44.2 Å². The molecular weight excluding hydrogens is 412 g/mol. The Labute approximate surface area is 189 Å². The van der Waals surface area contributed by atoms with Crippen molar-refractivity contribution in [3.8, 4) is 5.75 Å². The maximum Gasteiger partial charge on any atom is 0.261 e. The molecule has 0 spiro atoms. The van der Waals surface area contributed by atoms with Crippen molar-refractivity contribution in [2.75, 3.05) is 6.61 Å². The molecule has 0 radical (unpaired) electrons. The Balaban J connectivity index is 1.77. The minimum absolute atomic E-state index is 0.0897. The minimum Gasteiger partial charge on any atom is -0.482 e. The summed E-state index contributed by atoms with van der Waals surface area (Å²) in [4.78, 5) is 28.0. The van der Waals surface area contributed by atoms with Crippen molar-refractivity contribution in [1.29, 1.82) is 0 Å². The van der Waals surface area contributed by atoms with E-state index in [1.165, 1.54) is 0 Å². The van der Waals surface area contributed by atoms with E-state index in [2.05, 4.69) is 5.32 Å². The fraction of sp³-hybridized carbons (Fsp3) is 0.440. The summed E-state index contributed by atoms with van der Waals surface area (Å²) in [6.07, 6.45) is 4.81. The number of carbonyl (C=O) groups is 2. The van der Waals surface area contributed by atoms with Gasteiger partial charge in [-0.1, -0.05) is 73.3 Å². The summed E-state index contributed by atoms with van der Waals surface area (Å²) in [6, 6.07) is 14.7. The molecule has 1 N–H and O–H groups in total. The fourth-order valence-corrected chi connectivity index (χ4v) is 4.27. The van der Waals surface area contributed by atoms with Crippen molar-refractivity contribution in [2.24, 2.45) is 0 Å². The lowest BCUT2D eigenvalue weighted by atomic mass is 10.1. The number of para-hydroxylation sites is 1. The average molecular weight is 443 g/mol. The van der Waals surface area contributed by atoms with Crippen molar-refractivity contribution in [1.82, 2.24) is 10.2 Å². The molecule has 1 aliphatic rings. The van der Waals surface area contributed by atoms with Crippen molar-refractivity contribution >= 4 is 23.4 Å². The maximum absolute atomic E-state index is 13.2. The summed E-state index contributed by atoms with van der Waals surface area (Å²) in [6.45, 7) is 4.12. The van der Waals surface area contributed by atoms with Gasteiger partial charge in [0.05, 0.1) is 5.02 Å². The van der Waals surface area contributed by atoms with Crippen LogP contribution in [0.3, 0.4) is 0 Å². The van der Waals surface area contributed by atoms with Gasteiger partial charge >= 0.3 is 0 Å². The third-order valence-electron chi connectivity index (χ3n) is 5.71. The standard InChI is InChI=1S/C25H31ClN2O3/c1-3-22(25(30)27-20-11-4-5-12-20)28(16-19-10-8-9-18(2)15-19)24(29)17-31-23-14-7-6-13-21(23)26/h6-10,13-15,20,22H,3-5,11-12,16-17H2,1-2H3,(H,27,30). The molecule has 0 heterocycles. The van der Waals surface area contributed by atoms with Gasteiger partial charge in [0.25, 0.3) is 5.91 Å². The Hall–Kier alpha value is -2.53. The van der Waals surface area contributed by atoms with Gasteiger partial charge in [-0.15, -0.1) is 0 Å². The van der Waals surface area contributed by atoms with E-state index < -0.39 is 6.04 Å². The number of amides is 2. The topological polar surface area (TPSA) is 58.6 Å². The Kier molecular flexibility index (Phi) is 8.35. The average Bonchev–Trinajstić information content (AvgIpc) is 3.26. The van der Waals surface area contributed by atoms with Gasteiger partial charge in [0.2, 0.25) is 5.91 Å². The summed E-state index contributed by atoms with van der Waals surface area (Å²) in [7, 11) is 0. The first kappa shape index (κ1) is 23.1. The van der Waals surface area contributed by atoms with E-state index in [0.717, 1.165) is 36.8 Å². The van der Waals surface area contributed by atoms with Crippen LogP contribution in [0.1, 0.15) is 50.2 Å². The number of rotatable bonds is 9. The molecule has 166 valence electrons. The lowest BCUT2D eigenvalue weighted by Crippen LogP contribution is -2.52. The Morgan fingerprint density at radius 3 is 2.58 bits per heavy atom. The zero-order chi connectivity index (χ0) is 22.2. The Morgan fingerprint density at radius 2 is 1.90 bits per heavy atom. The number of nitrogens with one attached hydrogen (secondary N) is 1. The van der Waals surface area contributed by atoms with Gasteiger partial charge in [-0.25, -0.2) is 0 Å². The molecule has 0 aliphatic heterocycles. The molecular formula is C25H31ClN2O3. The zero-order valence-electron chi connectivity index (χ0n) is 18.3. The van der Waals surface area contributed by atoms with E-state index in [4.69, 9.17) is 16.3 Å². The smallest absolute Gasteiger partial charge is 0.261 e. The summed E-state index contributed by atoms with van der Waals surface area (Å²) in [5.74, 6) is 0.125. The number of hydrogen-bond acceptors (Lipinski definition) is 3. The third-order valence-corrected chi connectivity index (χ3v) is 6.02. The third kappa shape index (κ3) is 6.47. The van der Waals surface area contributed by atoms with Crippen LogP contribution in [0.2, 0.25) is 5.02 Å². The van der Waals surface area contributed by atoms with Crippen LogP contribution in [-0.4, -0.2) is 35.4 Å².